The molecule has 0 unspecified atom stereocenters. The van der Waals surface area contributed by atoms with E-state index in [1.54, 1.807) is 0 Å². The molecule has 1 aliphatic rings. The predicted octanol–water partition coefficient (Wildman–Crippen LogP) is 2.87. The van der Waals surface area contributed by atoms with Crippen molar-refractivity contribution >= 4 is 28.3 Å². The van der Waals surface area contributed by atoms with Gasteiger partial charge in [0, 0.05) is 23.2 Å². The molecule has 1 nitrogen and oxygen atoms in total. The lowest BCUT2D eigenvalue weighted by Gasteiger charge is -2.30. The second-order valence-corrected chi connectivity index (χ2v) is 4.49. The summed E-state index contributed by atoms with van der Waals surface area (Å²) in [5.41, 5.74) is 2.99. The summed E-state index contributed by atoms with van der Waals surface area (Å²) in [5.74, 6) is 0. The van der Waals surface area contributed by atoms with Crippen LogP contribution in [0.15, 0.2) is 24.3 Å². The Bertz CT molecular complexity index is 285. The van der Waals surface area contributed by atoms with Crippen LogP contribution in [0.25, 0.3) is 0 Å². The fraction of sp³-hybridized carbons (Fsp3) is 0.455. The number of hydrogen-bond acceptors (Lipinski definition) is 1. The van der Waals surface area contributed by atoms with Gasteiger partial charge in [-0.2, -0.15) is 0 Å². The molecular weight excluding hydrogens is 273 g/mol. The molecule has 0 saturated carbocycles. The minimum atomic E-state index is 1.19. The van der Waals surface area contributed by atoms with Crippen LogP contribution in [0.3, 0.4) is 0 Å². The van der Waals surface area contributed by atoms with Gasteiger partial charge in [-0.05, 0) is 24.5 Å². The first-order chi connectivity index (χ1) is 6.42. The summed E-state index contributed by atoms with van der Waals surface area (Å²) in [6.45, 7) is 2.43. The van der Waals surface area contributed by atoms with Crippen LogP contribution in [-0.2, 0) is 6.42 Å². The molecule has 1 heterocycles. The lowest BCUT2D eigenvalue weighted by molar-refractivity contribution is 0.712. The molecule has 0 aromatic heterocycles. The highest BCUT2D eigenvalue weighted by molar-refractivity contribution is 14.1. The summed E-state index contributed by atoms with van der Waals surface area (Å²) in [6.07, 6.45) is 2.57. The fourth-order valence-corrected chi connectivity index (χ4v) is 2.53. The number of benzene rings is 1. The Morgan fingerprint density at radius 3 is 3.00 bits per heavy atom. The molecule has 0 radical (unpaired) electrons. The first-order valence-corrected chi connectivity index (χ1v) is 6.33. The molecule has 70 valence electrons. The van der Waals surface area contributed by atoms with Crippen LogP contribution in [0, 0.1) is 0 Å². The van der Waals surface area contributed by atoms with E-state index in [0.29, 0.717) is 0 Å². The van der Waals surface area contributed by atoms with Gasteiger partial charge in [0.1, 0.15) is 0 Å². The SMILES string of the molecule is ICCN1CCCc2ccccc21. The lowest BCUT2D eigenvalue weighted by atomic mass is 10.0. The number of rotatable bonds is 2. The molecule has 0 aliphatic carbocycles. The molecule has 0 N–H and O–H groups in total. The molecule has 1 aromatic carbocycles. The molecule has 2 heteroatoms. The zero-order valence-corrected chi connectivity index (χ0v) is 9.83. The maximum Gasteiger partial charge on any atom is 0.0399 e. The smallest absolute Gasteiger partial charge is 0.0399 e. The van der Waals surface area contributed by atoms with E-state index in [9.17, 15) is 0 Å². The topological polar surface area (TPSA) is 3.24 Å². The van der Waals surface area contributed by atoms with E-state index in [-0.39, 0.29) is 0 Å². The first kappa shape index (κ1) is 9.31. The van der Waals surface area contributed by atoms with Crippen molar-refractivity contribution in [3.63, 3.8) is 0 Å². The Morgan fingerprint density at radius 1 is 1.31 bits per heavy atom. The molecule has 0 atom stereocenters. The number of aryl methyl sites for hydroxylation is 1. The van der Waals surface area contributed by atoms with E-state index in [1.807, 2.05) is 0 Å². The molecule has 0 bridgehead atoms. The van der Waals surface area contributed by atoms with Crippen molar-refractivity contribution < 1.29 is 0 Å². The van der Waals surface area contributed by atoms with Gasteiger partial charge in [-0.3, -0.25) is 0 Å². The van der Waals surface area contributed by atoms with Crippen molar-refractivity contribution in [3.8, 4) is 0 Å². The fourth-order valence-electron chi connectivity index (χ4n) is 1.95. The van der Waals surface area contributed by atoms with Crippen molar-refractivity contribution in [3.05, 3.63) is 29.8 Å². The van der Waals surface area contributed by atoms with E-state index < -0.39 is 0 Å². The van der Waals surface area contributed by atoms with Gasteiger partial charge in [0.25, 0.3) is 0 Å². The molecule has 2 rings (SSSR count). The summed E-state index contributed by atoms with van der Waals surface area (Å²) >= 11 is 2.45. The summed E-state index contributed by atoms with van der Waals surface area (Å²) in [7, 11) is 0. The van der Waals surface area contributed by atoms with E-state index in [0.717, 1.165) is 0 Å². The molecule has 0 saturated heterocycles. The number of para-hydroxylation sites is 1. The highest BCUT2D eigenvalue weighted by Crippen LogP contribution is 2.26. The van der Waals surface area contributed by atoms with Crippen LogP contribution >= 0.6 is 22.6 Å². The maximum absolute atomic E-state index is 2.51. The van der Waals surface area contributed by atoms with Gasteiger partial charge in [-0.1, -0.05) is 40.8 Å². The normalized spacial score (nSPS) is 15.6. The number of nitrogens with zero attached hydrogens (tertiary/aromatic N) is 1. The monoisotopic (exact) mass is 287 g/mol. The van der Waals surface area contributed by atoms with Gasteiger partial charge in [0.2, 0.25) is 0 Å². The lowest BCUT2D eigenvalue weighted by Crippen LogP contribution is -2.30. The molecule has 0 spiro atoms. The third-order valence-electron chi connectivity index (χ3n) is 2.56. The van der Waals surface area contributed by atoms with Gasteiger partial charge in [-0.15, -0.1) is 0 Å². The largest absolute Gasteiger partial charge is 0.371 e. The Kier molecular flexibility index (Phi) is 3.09. The third kappa shape index (κ3) is 1.98. The van der Waals surface area contributed by atoms with Gasteiger partial charge >= 0.3 is 0 Å². The van der Waals surface area contributed by atoms with Crippen LogP contribution < -0.4 is 4.90 Å². The van der Waals surface area contributed by atoms with Crippen molar-refractivity contribution in [2.24, 2.45) is 0 Å². The number of halogens is 1. The van der Waals surface area contributed by atoms with Crippen LogP contribution in [-0.4, -0.2) is 17.5 Å². The number of alkyl halides is 1. The number of fused-ring (bicyclic) bond motifs is 1. The second kappa shape index (κ2) is 4.31. The van der Waals surface area contributed by atoms with Crippen LogP contribution in [0.2, 0.25) is 0 Å². The van der Waals surface area contributed by atoms with Crippen LogP contribution in [0.5, 0.6) is 0 Å². The zero-order valence-electron chi connectivity index (χ0n) is 7.67. The average molecular weight is 287 g/mol. The first-order valence-electron chi connectivity index (χ1n) is 4.80. The Balaban J connectivity index is 2.26. The van der Waals surface area contributed by atoms with Gasteiger partial charge < -0.3 is 4.90 Å². The Morgan fingerprint density at radius 2 is 2.15 bits per heavy atom. The molecule has 0 amide bonds. The van der Waals surface area contributed by atoms with Gasteiger partial charge in [-0.25, -0.2) is 0 Å². The summed E-state index contributed by atoms with van der Waals surface area (Å²) in [6, 6.07) is 8.80. The minimum absolute atomic E-state index is 1.19. The summed E-state index contributed by atoms with van der Waals surface area (Å²) in [5, 5.41) is 0. The predicted molar refractivity (Wildman–Crippen MR) is 65.9 cm³/mol. The second-order valence-electron chi connectivity index (χ2n) is 3.41. The van der Waals surface area contributed by atoms with Crippen molar-refractivity contribution in [2.75, 3.05) is 22.4 Å². The van der Waals surface area contributed by atoms with E-state index in [1.165, 1.54) is 41.6 Å². The Labute approximate surface area is 93.3 Å². The summed E-state index contributed by atoms with van der Waals surface area (Å²) in [4.78, 5) is 2.51. The molecular formula is C11H14IN. The zero-order chi connectivity index (χ0) is 9.10. The molecule has 1 aromatic rings. The van der Waals surface area contributed by atoms with Crippen LogP contribution in [0.4, 0.5) is 5.69 Å². The maximum atomic E-state index is 2.51. The van der Waals surface area contributed by atoms with Crippen molar-refractivity contribution in [2.45, 2.75) is 12.8 Å². The molecule has 0 fully saturated rings. The quantitative estimate of drug-likeness (QED) is 0.597. The Hall–Kier alpha value is -0.250. The standard InChI is InChI=1S/C11H14IN/c12-7-9-13-8-3-5-10-4-1-2-6-11(10)13/h1-2,4,6H,3,5,7-9H2. The summed E-state index contributed by atoms with van der Waals surface area (Å²) < 4.78 is 1.21. The molecule has 1 aliphatic heterocycles. The average Bonchev–Trinajstić information content (AvgIpc) is 2.19. The van der Waals surface area contributed by atoms with Crippen molar-refractivity contribution in [1.82, 2.24) is 0 Å². The van der Waals surface area contributed by atoms with Crippen molar-refractivity contribution in [1.29, 1.82) is 0 Å². The minimum Gasteiger partial charge on any atom is -0.371 e. The molecule has 13 heavy (non-hydrogen) atoms. The van der Waals surface area contributed by atoms with E-state index >= 15 is 0 Å². The van der Waals surface area contributed by atoms with Gasteiger partial charge in [0.15, 0.2) is 0 Å². The number of hydrogen-bond donors (Lipinski definition) is 0. The highest BCUT2D eigenvalue weighted by Gasteiger charge is 2.14. The van der Waals surface area contributed by atoms with Crippen LogP contribution in [0.1, 0.15) is 12.0 Å². The van der Waals surface area contributed by atoms with E-state index in [4.69, 9.17) is 0 Å². The number of anilines is 1. The third-order valence-corrected chi connectivity index (χ3v) is 3.04. The highest BCUT2D eigenvalue weighted by atomic mass is 127. The van der Waals surface area contributed by atoms with E-state index in [2.05, 4.69) is 51.8 Å². The van der Waals surface area contributed by atoms with Gasteiger partial charge in [0.05, 0.1) is 0 Å².